The normalized spacial score (nSPS) is 10.8. The zero-order valence-corrected chi connectivity index (χ0v) is 13.9. The summed E-state index contributed by atoms with van der Waals surface area (Å²) in [6.07, 6.45) is 4.55. The number of benzene rings is 1. The molecule has 0 spiro atoms. The average Bonchev–Trinajstić information content (AvgIpc) is 3.15. The maximum Gasteiger partial charge on any atom is 0.191 e. The van der Waals surface area contributed by atoms with Gasteiger partial charge in [0.25, 0.3) is 0 Å². The first-order valence-electron chi connectivity index (χ1n) is 7.55. The molecule has 1 aromatic carbocycles. The van der Waals surface area contributed by atoms with Gasteiger partial charge in [-0.1, -0.05) is 48.2 Å². The van der Waals surface area contributed by atoms with Crippen LogP contribution < -0.4 is 0 Å². The molecule has 0 aliphatic heterocycles. The van der Waals surface area contributed by atoms with Crippen LogP contribution in [0.5, 0.6) is 0 Å². The number of hydrogen-bond donors (Lipinski definition) is 0. The SMILES string of the molecule is C=CCn1c(SCCc2ccccc2)nnc1-c1ccoc1C. The molecule has 23 heavy (non-hydrogen) atoms. The molecule has 0 atom stereocenters. The molecule has 4 nitrogen and oxygen atoms in total. The Morgan fingerprint density at radius 2 is 2.04 bits per heavy atom. The van der Waals surface area contributed by atoms with E-state index < -0.39 is 0 Å². The lowest BCUT2D eigenvalue weighted by Crippen LogP contribution is -2.01. The van der Waals surface area contributed by atoms with Crippen LogP contribution in [-0.4, -0.2) is 20.5 Å². The second-order valence-electron chi connectivity index (χ2n) is 5.18. The second kappa shape index (κ2) is 7.33. The first-order valence-corrected chi connectivity index (χ1v) is 8.53. The predicted molar refractivity (Wildman–Crippen MR) is 93.5 cm³/mol. The minimum absolute atomic E-state index is 0.681. The Morgan fingerprint density at radius 1 is 1.22 bits per heavy atom. The van der Waals surface area contributed by atoms with Gasteiger partial charge in [-0.15, -0.1) is 16.8 Å². The van der Waals surface area contributed by atoms with Crippen molar-refractivity contribution in [2.45, 2.75) is 25.0 Å². The third-order valence-corrected chi connectivity index (χ3v) is 4.56. The highest BCUT2D eigenvalue weighted by molar-refractivity contribution is 7.99. The van der Waals surface area contributed by atoms with Gasteiger partial charge in [0.05, 0.1) is 11.8 Å². The van der Waals surface area contributed by atoms with E-state index in [1.807, 2.05) is 25.1 Å². The van der Waals surface area contributed by atoms with E-state index in [1.54, 1.807) is 18.0 Å². The Balaban J connectivity index is 1.76. The molecule has 2 aromatic heterocycles. The molecule has 3 aromatic rings. The molecule has 0 aliphatic rings. The van der Waals surface area contributed by atoms with Crippen molar-refractivity contribution in [2.24, 2.45) is 0 Å². The minimum Gasteiger partial charge on any atom is -0.469 e. The van der Waals surface area contributed by atoms with Crippen molar-refractivity contribution in [3.05, 3.63) is 66.6 Å². The van der Waals surface area contributed by atoms with Crippen LogP contribution in [0.4, 0.5) is 0 Å². The summed E-state index contributed by atoms with van der Waals surface area (Å²) in [7, 11) is 0. The van der Waals surface area contributed by atoms with Gasteiger partial charge in [-0.05, 0) is 25.0 Å². The zero-order valence-electron chi connectivity index (χ0n) is 13.1. The van der Waals surface area contributed by atoms with E-state index in [4.69, 9.17) is 4.42 Å². The monoisotopic (exact) mass is 325 g/mol. The maximum atomic E-state index is 5.39. The number of thioether (sulfide) groups is 1. The summed E-state index contributed by atoms with van der Waals surface area (Å²) in [6.45, 7) is 6.46. The number of aryl methyl sites for hydroxylation is 2. The van der Waals surface area contributed by atoms with Gasteiger partial charge in [-0.2, -0.15) is 0 Å². The number of rotatable bonds is 7. The van der Waals surface area contributed by atoms with Crippen LogP contribution in [0, 0.1) is 6.92 Å². The quantitative estimate of drug-likeness (QED) is 0.478. The maximum absolute atomic E-state index is 5.39. The standard InChI is InChI=1S/C18H19N3OS/c1-3-11-21-17(16-9-12-22-14(16)2)19-20-18(21)23-13-10-15-7-5-4-6-8-15/h3-9,12H,1,10-11,13H2,2H3. The van der Waals surface area contributed by atoms with Gasteiger partial charge in [0.2, 0.25) is 0 Å². The lowest BCUT2D eigenvalue weighted by Gasteiger charge is -2.07. The van der Waals surface area contributed by atoms with Crippen LogP contribution in [0.1, 0.15) is 11.3 Å². The molecule has 0 radical (unpaired) electrons. The summed E-state index contributed by atoms with van der Waals surface area (Å²) in [4.78, 5) is 0. The number of aromatic nitrogens is 3. The highest BCUT2D eigenvalue weighted by atomic mass is 32.2. The number of hydrogen-bond acceptors (Lipinski definition) is 4. The van der Waals surface area contributed by atoms with E-state index >= 15 is 0 Å². The molecular formula is C18H19N3OS. The van der Waals surface area contributed by atoms with Gasteiger partial charge in [0.15, 0.2) is 11.0 Å². The third kappa shape index (κ3) is 3.56. The van der Waals surface area contributed by atoms with Crippen LogP contribution >= 0.6 is 11.8 Å². The van der Waals surface area contributed by atoms with Gasteiger partial charge in [0, 0.05) is 12.3 Å². The van der Waals surface area contributed by atoms with Crippen molar-refractivity contribution in [3.63, 3.8) is 0 Å². The molecular weight excluding hydrogens is 306 g/mol. The van der Waals surface area contributed by atoms with Crippen molar-refractivity contribution in [3.8, 4) is 11.4 Å². The van der Waals surface area contributed by atoms with Crippen LogP contribution in [0.25, 0.3) is 11.4 Å². The number of allylic oxidation sites excluding steroid dienone is 1. The van der Waals surface area contributed by atoms with Gasteiger partial charge >= 0.3 is 0 Å². The molecule has 118 valence electrons. The summed E-state index contributed by atoms with van der Waals surface area (Å²) < 4.78 is 7.47. The molecule has 0 saturated carbocycles. The number of furan rings is 1. The zero-order chi connectivity index (χ0) is 16.1. The Labute approximate surface area is 140 Å². The Bertz CT molecular complexity index is 777. The third-order valence-electron chi connectivity index (χ3n) is 3.59. The molecule has 2 heterocycles. The van der Waals surface area contributed by atoms with E-state index in [-0.39, 0.29) is 0 Å². The molecule has 0 fully saturated rings. The van der Waals surface area contributed by atoms with Crippen LogP contribution in [0.15, 0.2) is 64.9 Å². The summed E-state index contributed by atoms with van der Waals surface area (Å²) in [5.74, 6) is 2.64. The van der Waals surface area contributed by atoms with E-state index in [2.05, 4.69) is 45.6 Å². The van der Waals surface area contributed by atoms with Crippen LogP contribution in [-0.2, 0) is 13.0 Å². The highest BCUT2D eigenvalue weighted by Crippen LogP contribution is 2.27. The fourth-order valence-corrected chi connectivity index (χ4v) is 3.35. The van der Waals surface area contributed by atoms with Crippen molar-refractivity contribution >= 4 is 11.8 Å². The summed E-state index contributed by atoms with van der Waals surface area (Å²) in [6, 6.07) is 12.4. The fourth-order valence-electron chi connectivity index (χ4n) is 2.41. The molecule has 5 heteroatoms. The molecule has 0 aliphatic carbocycles. The first kappa shape index (κ1) is 15.6. The molecule has 0 N–H and O–H groups in total. The van der Waals surface area contributed by atoms with E-state index in [1.165, 1.54) is 5.56 Å². The Kier molecular flexibility index (Phi) is 4.98. The lowest BCUT2D eigenvalue weighted by molar-refractivity contribution is 0.534. The van der Waals surface area contributed by atoms with Gasteiger partial charge in [-0.25, -0.2) is 0 Å². The predicted octanol–water partition coefficient (Wildman–Crippen LogP) is 4.37. The second-order valence-corrected chi connectivity index (χ2v) is 6.24. The van der Waals surface area contributed by atoms with Crippen molar-refractivity contribution in [1.82, 2.24) is 14.8 Å². The van der Waals surface area contributed by atoms with Gasteiger partial charge < -0.3 is 4.42 Å². The van der Waals surface area contributed by atoms with Crippen molar-refractivity contribution < 1.29 is 4.42 Å². The highest BCUT2D eigenvalue weighted by Gasteiger charge is 2.16. The minimum atomic E-state index is 0.681. The van der Waals surface area contributed by atoms with Gasteiger partial charge in [0.1, 0.15) is 5.76 Å². The molecule has 0 amide bonds. The molecule has 0 bridgehead atoms. The molecule has 0 unspecified atom stereocenters. The van der Waals surface area contributed by atoms with Gasteiger partial charge in [-0.3, -0.25) is 4.57 Å². The Hall–Kier alpha value is -2.27. The topological polar surface area (TPSA) is 43.9 Å². The largest absolute Gasteiger partial charge is 0.469 e. The lowest BCUT2D eigenvalue weighted by atomic mass is 10.2. The smallest absolute Gasteiger partial charge is 0.191 e. The van der Waals surface area contributed by atoms with Crippen molar-refractivity contribution in [1.29, 1.82) is 0 Å². The average molecular weight is 325 g/mol. The summed E-state index contributed by atoms with van der Waals surface area (Å²) >= 11 is 1.72. The van der Waals surface area contributed by atoms with Crippen LogP contribution in [0.2, 0.25) is 0 Å². The molecule has 0 saturated heterocycles. The Morgan fingerprint density at radius 3 is 2.74 bits per heavy atom. The van der Waals surface area contributed by atoms with Crippen molar-refractivity contribution in [2.75, 3.05) is 5.75 Å². The van der Waals surface area contributed by atoms with E-state index in [0.29, 0.717) is 6.54 Å². The van der Waals surface area contributed by atoms with E-state index in [0.717, 1.165) is 34.5 Å². The van der Waals surface area contributed by atoms with Crippen LogP contribution in [0.3, 0.4) is 0 Å². The molecule has 3 rings (SSSR count). The summed E-state index contributed by atoms with van der Waals surface area (Å²) in [5, 5.41) is 9.61. The summed E-state index contributed by atoms with van der Waals surface area (Å²) in [5.41, 5.74) is 2.31. The fraction of sp³-hybridized carbons (Fsp3) is 0.222. The first-order chi connectivity index (χ1) is 11.3. The van der Waals surface area contributed by atoms with E-state index in [9.17, 15) is 0 Å². The number of nitrogens with zero attached hydrogens (tertiary/aromatic N) is 3.